The number of halogens is 1. The van der Waals surface area contributed by atoms with Gasteiger partial charge in [0.1, 0.15) is 11.5 Å². The summed E-state index contributed by atoms with van der Waals surface area (Å²) in [5.41, 5.74) is 0.803. The maximum absolute atomic E-state index is 13.1. The van der Waals surface area contributed by atoms with Gasteiger partial charge in [-0.3, -0.25) is 0 Å². The molecule has 32 heavy (non-hydrogen) atoms. The number of hydrogen-bond donors (Lipinski definition) is 0. The van der Waals surface area contributed by atoms with Crippen molar-refractivity contribution in [2.24, 2.45) is 0 Å². The summed E-state index contributed by atoms with van der Waals surface area (Å²) in [6.07, 6.45) is 1.18. The van der Waals surface area contributed by atoms with E-state index in [1.165, 1.54) is 16.4 Å². The van der Waals surface area contributed by atoms with Gasteiger partial charge in [-0.25, -0.2) is 8.42 Å². The smallest absolute Gasteiger partial charge is 0.247 e. The first-order chi connectivity index (χ1) is 15.4. The standard InChI is InChI=1S/C22H24ClN3O5S/c1-3-30-20-9-8-18(14-19(20)23)32(27,28)26-12-10-16(11-13-26)22-25-24-21(31-22)15-4-6-17(29-2)7-5-15/h4-9,14,16H,3,10-13H2,1-2H3. The number of rotatable bonds is 7. The number of nitrogens with zero attached hydrogens (tertiary/aromatic N) is 3. The van der Waals surface area contributed by atoms with Crippen LogP contribution in [0, 0.1) is 0 Å². The van der Waals surface area contributed by atoms with Crippen LogP contribution in [0.4, 0.5) is 0 Å². The highest BCUT2D eigenvalue weighted by Gasteiger charge is 2.32. The van der Waals surface area contributed by atoms with Gasteiger partial charge in [-0.1, -0.05) is 11.6 Å². The summed E-state index contributed by atoms with van der Waals surface area (Å²) in [5, 5.41) is 8.62. The summed E-state index contributed by atoms with van der Waals surface area (Å²) in [6, 6.07) is 11.9. The summed E-state index contributed by atoms with van der Waals surface area (Å²) in [5.74, 6) is 2.18. The van der Waals surface area contributed by atoms with Gasteiger partial charge in [-0.15, -0.1) is 10.2 Å². The van der Waals surface area contributed by atoms with Crippen molar-refractivity contribution in [3.8, 4) is 23.0 Å². The fraction of sp³-hybridized carbons (Fsp3) is 0.364. The molecule has 2 aromatic carbocycles. The number of piperidine rings is 1. The van der Waals surface area contributed by atoms with Crippen molar-refractivity contribution < 1.29 is 22.3 Å². The zero-order valence-electron chi connectivity index (χ0n) is 17.8. The van der Waals surface area contributed by atoms with Crippen molar-refractivity contribution in [2.45, 2.75) is 30.6 Å². The number of methoxy groups -OCH3 is 1. The highest BCUT2D eigenvalue weighted by atomic mass is 35.5. The number of aromatic nitrogens is 2. The molecule has 1 fully saturated rings. The lowest BCUT2D eigenvalue weighted by Gasteiger charge is -2.29. The number of ether oxygens (including phenoxy) is 2. The molecule has 2 heterocycles. The Balaban J connectivity index is 1.42. The van der Waals surface area contributed by atoms with Crippen molar-refractivity contribution in [1.29, 1.82) is 0 Å². The molecule has 4 rings (SSSR count). The molecule has 0 unspecified atom stereocenters. The fourth-order valence-corrected chi connectivity index (χ4v) is 5.45. The van der Waals surface area contributed by atoms with Crippen LogP contribution in [-0.2, 0) is 10.0 Å². The van der Waals surface area contributed by atoms with E-state index in [0.717, 1.165) is 11.3 Å². The normalized spacial score (nSPS) is 15.6. The van der Waals surface area contributed by atoms with E-state index in [0.29, 0.717) is 50.1 Å². The highest BCUT2D eigenvalue weighted by Crippen LogP contribution is 2.33. The van der Waals surface area contributed by atoms with Crippen molar-refractivity contribution in [3.63, 3.8) is 0 Å². The number of benzene rings is 2. The summed E-state index contributed by atoms with van der Waals surface area (Å²) in [6.45, 7) is 3.01. The van der Waals surface area contributed by atoms with Gasteiger partial charge in [0.2, 0.25) is 21.8 Å². The van der Waals surface area contributed by atoms with Gasteiger partial charge in [0.15, 0.2) is 0 Å². The number of hydrogen-bond acceptors (Lipinski definition) is 7. The van der Waals surface area contributed by atoms with Gasteiger partial charge in [0.25, 0.3) is 0 Å². The van der Waals surface area contributed by atoms with E-state index in [4.69, 9.17) is 25.5 Å². The third-order valence-electron chi connectivity index (χ3n) is 5.42. The predicted octanol–water partition coefficient (Wildman–Crippen LogP) is 4.37. The summed E-state index contributed by atoms with van der Waals surface area (Å²) in [4.78, 5) is 0.156. The molecule has 0 aliphatic carbocycles. The molecule has 0 saturated carbocycles. The zero-order valence-corrected chi connectivity index (χ0v) is 19.4. The fourth-order valence-electron chi connectivity index (χ4n) is 3.66. The molecule has 1 aliphatic rings. The first kappa shape index (κ1) is 22.6. The Morgan fingerprint density at radius 1 is 1.12 bits per heavy atom. The van der Waals surface area contributed by atoms with E-state index < -0.39 is 10.0 Å². The molecule has 0 bridgehead atoms. The quantitative estimate of drug-likeness (QED) is 0.498. The third-order valence-corrected chi connectivity index (χ3v) is 7.61. The van der Waals surface area contributed by atoms with E-state index >= 15 is 0 Å². The molecule has 10 heteroatoms. The first-order valence-corrected chi connectivity index (χ1v) is 12.1. The van der Waals surface area contributed by atoms with Crippen LogP contribution < -0.4 is 9.47 Å². The lowest BCUT2D eigenvalue weighted by atomic mass is 9.98. The van der Waals surface area contributed by atoms with E-state index in [-0.39, 0.29) is 15.8 Å². The molecule has 0 N–H and O–H groups in total. The predicted molar refractivity (Wildman–Crippen MR) is 120 cm³/mol. The second kappa shape index (κ2) is 9.48. The Labute approximate surface area is 192 Å². The molecule has 1 aliphatic heterocycles. The van der Waals surface area contributed by atoms with Gasteiger partial charge in [-0.2, -0.15) is 4.31 Å². The monoisotopic (exact) mass is 477 g/mol. The molecule has 0 amide bonds. The van der Waals surface area contributed by atoms with Crippen molar-refractivity contribution >= 4 is 21.6 Å². The molecule has 8 nitrogen and oxygen atoms in total. The molecular formula is C22H24ClN3O5S. The molecule has 3 aromatic rings. The van der Waals surface area contributed by atoms with E-state index in [9.17, 15) is 8.42 Å². The Morgan fingerprint density at radius 3 is 2.47 bits per heavy atom. The molecule has 0 atom stereocenters. The van der Waals surface area contributed by atoms with E-state index in [1.54, 1.807) is 13.2 Å². The number of sulfonamides is 1. The molecule has 1 saturated heterocycles. The minimum absolute atomic E-state index is 0.00451. The minimum atomic E-state index is -3.65. The highest BCUT2D eigenvalue weighted by molar-refractivity contribution is 7.89. The molecule has 1 aromatic heterocycles. The lowest BCUT2D eigenvalue weighted by molar-refractivity contribution is 0.291. The average Bonchev–Trinajstić information content (AvgIpc) is 3.31. The maximum Gasteiger partial charge on any atom is 0.247 e. The van der Waals surface area contributed by atoms with Crippen molar-refractivity contribution in [1.82, 2.24) is 14.5 Å². The lowest BCUT2D eigenvalue weighted by Crippen LogP contribution is -2.38. The van der Waals surface area contributed by atoms with Gasteiger partial charge in [0, 0.05) is 24.6 Å². The maximum atomic E-state index is 13.1. The van der Waals surface area contributed by atoms with Crippen LogP contribution in [0.2, 0.25) is 5.02 Å². The molecule has 0 spiro atoms. The van der Waals surface area contributed by atoms with Gasteiger partial charge < -0.3 is 13.9 Å². The second-order valence-electron chi connectivity index (χ2n) is 7.38. The van der Waals surface area contributed by atoms with Gasteiger partial charge in [-0.05, 0) is 62.2 Å². The van der Waals surface area contributed by atoms with Gasteiger partial charge in [0.05, 0.1) is 23.6 Å². The topological polar surface area (TPSA) is 94.8 Å². The van der Waals surface area contributed by atoms with Crippen LogP contribution in [-0.4, -0.2) is 49.7 Å². The largest absolute Gasteiger partial charge is 0.497 e. The first-order valence-electron chi connectivity index (χ1n) is 10.3. The van der Waals surface area contributed by atoms with Crippen LogP contribution >= 0.6 is 11.6 Å². The molecular weight excluding hydrogens is 454 g/mol. The van der Waals surface area contributed by atoms with Crippen molar-refractivity contribution in [2.75, 3.05) is 26.8 Å². The summed E-state index contributed by atoms with van der Waals surface area (Å²) < 4.78 is 44.0. The average molecular weight is 478 g/mol. The van der Waals surface area contributed by atoms with E-state index in [2.05, 4.69) is 10.2 Å². The van der Waals surface area contributed by atoms with Crippen LogP contribution in [0.25, 0.3) is 11.5 Å². The Morgan fingerprint density at radius 2 is 1.84 bits per heavy atom. The SMILES string of the molecule is CCOc1ccc(S(=O)(=O)N2CCC(c3nnc(-c4ccc(OC)cc4)o3)CC2)cc1Cl. The van der Waals surface area contributed by atoms with Crippen LogP contribution in [0.15, 0.2) is 51.8 Å². The zero-order chi connectivity index (χ0) is 22.7. The van der Waals surface area contributed by atoms with Gasteiger partial charge >= 0.3 is 0 Å². The second-order valence-corrected chi connectivity index (χ2v) is 9.72. The van der Waals surface area contributed by atoms with Crippen molar-refractivity contribution in [3.05, 3.63) is 53.4 Å². The Kier molecular flexibility index (Phi) is 6.68. The summed E-state index contributed by atoms with van der Waals surface area (Å²) >= 11 is 6.18. The Hall–Kier alpha value is -2.62. The molecule has 170 valence electrons. The molecule has 0 radical (unpaired) electrons. The minimum Gasteiger partial charge on any atom is -0.497 e. The Bertz CT molecular complexity index is 1170. The van der Waals surface area contributed by atoms with Crippen LogP contribution in [0.5, 0.6) is 11.5 Å². The van der Waals surface area contributed by atoms with Crippen LogP contribution in [0.1, 0.15) is 31.6 Å². The van der Waals surface area contributed by atoms with Crippen LogP contribution in [0.3, 0.4) is 0 Å². The summed E-state index contributed by atoms with van der Waals surface area (Å²) in [7, 11) is -2.04. The van der Waals surface area contributed by atoms with E-state index in [1.807, 2.05) is 31.2 Å². The third kappa shape index (κ3) is 4.60.